The molecule has 0 aliphatic carbocycles. The Labute approximate surface area is 124 Å². The van der Waals surface area contributed by atoms with E-state index in [-0.39, 0.29) is 5.91 Å². The van der Waals surface area contributed by atoms with E-state index in [0.29, 0.717) is 17.2 Å². The molecule has 0 atom stereocenters. The van der Waals surface area contributed by atoms with E-state index >= 15 is 0 Å². The number of benzene rings is 2. The Bertz CT molecular complexity index is 636. The molecule has 2 rings (SSSR count). The van der Waals surface area contributed by atoms with Crippen molar-refractivity contribution in [1.82, 2.24) is 0 Å². The van der Waals surface area contributed by atoms with Crippen molar-refractivity contribution in [2.24, 2.45) is 0 Å². The van der Waals surface area contributed by atoms with Crippen LogP contribution in [0.15, 0.2) is 54.6 Å². The number of methoxy groups -OCH3 is 2. The smallest absolute Gasteiger partial charge is 0.248 e. The van der Waals surface area contributed by atoms with Gasteiger partial charge in [0, 0.05) is 17.8 Å². The summed E-state index contributed by atoms with van der Waals surface area (Å²) < 4.78 is 10.3. The minimum Gasteiger partial charge on any atom is -0.493 e. The Kier molecular flexibility index (Phi) is 4.99. The van der Waals surface area contributed by atoms with Crippen molar-refractivity contribution in [3.05, 3.63) is 60.2 Å². The molecule has 0 heterocycles. The quantitative estimate of drug-likeness (QED) is 0.856. The van der Waals surface area contributed by atoms with Crippen LogP contribution < -0.4 is 14.8 Å². The Morgan fingerprint density at radius 2 is 1.71 bits per heavy atom. The predicted molar refractivity (Wildman–Crippen MR) is 83.7 cm³/mol. The van der Waals surface area contributed by atoms with Gasteiger partial charge in [-0.25, -0.2) is 0 Å². The third-order valence-electron chi connectivity index (χ3n) is 2.88. The number of ether oxygens (including phenoxy) is 2. The summed E-state index contributed by atoms with van der Waals surface area (Å²) in [6.45, 7) is 0. The minimum atomic E-state index is -0.203. The zero-order chi connectivity index (χ0) is 15.1. The molecule has 0 aliphatic rings. The van der Waals surface area contributed by atoms with E-state index in [9.17, 15) is 4.79 Å². The van der Waals surface area contributed by atoms with Crippen molar-refractivity contribution in [2.75, 3.05) is 19.5 Å². The maximum atomic E-state index is 11.9. The highest BCUT2D eigenvalue weighted by atomic mass is 16.5. The monoisotopic (exact) mass is 283 g/mol. The number of carbonyl (C=O) groups excluding carboxylic acids is 1. The van der Waals surface area contributed by atoms with E-state index in [1.165, 1.54) is 6.08 Å². The van der Waals surface area contributed by atoms with Gasteiger partial charge in [-0.15, -0.1) is 0 Å². The van der Waals surface area contributed by atoms with E-state index in [4.69, 9.17) is 9.47 Å². The first kappa shape index (κ1) is 14.7. The van der Waals surface area contributed by atoms with E-state index in [1.807, 2.05) is 30.3 Å². The zero-order valence-electron chi connectivity index (χ0n) is 12.0. The Morgan fingerprint density at radius 3 is 2.38 bits per heavy atom. The SMILES string of the molecule is COc1ccc(NC(=O)/C=C/c2ccccc2)cc1OC. The van der Waals surface area contributed by atoms with Gasteiger partial charge in [-0.05, 0) is 23.8 Å². The topological polar surface area (TPSA) is 47.6 Å². The summed E-state index contributed by atoms with van der Waals surface area (Å²) in [5.74, 6) is 0.990. The van der Waals surface area contributed by atoms with Gasteiger partial charge in [0.1, 0.15) is 0 Å². The van der Waals surface area contributed by atoms with E-state index in [0.717, 1.165) is 5.56 Å². The molecule has 0 fully saturated rings. The van der Waals surface area contributed by atoms with Crippen molar-refractivity contribution in [1.29, 1.82) is 0 Å². The highest BCUT2D eigenvalue weighted by Crippen LogP contribution is 2.29. The molecule has 1 amide bonds. The second-order valence-electron chi connectivity index (χ2n) is 4.30. The lowest BCUT2D eigenvalue weighted by Crippen LogP contribution is -2.07. The van der Waals surface area contributed by atoms with Gasteiger partial charge in [-0.2, -0.15) is 0 Å². The number of anilines is 1. The highest BCUT2D eigenvalue weighted by Gasteiger charge is 2.05. The van der Waals surface area contributed by atoms with Gasteiger partial charge in [0.15, 0.2) is 11.5 Å². The molecule has 0 aliphatic heterocycles. The molecule has 0 bridgehead atoms. The number of hydrogen-bond donors (Lipinski definition) is 1. The Balaban J connectivity index is 2.04. The predicted octanol–water partition coefficient (Wildman–Crippen LogP) is 3.36. The second kappa shape index (κ2) is 7.14. The molecule has 2 aromatic rings. The van der Waals surface area contributed by atoms with Gasteiger partial charge in [0.05, 0.1) is 14.2 Å². The first-order chi connectivity index (χ1) is 10.2. The molecule has 4 nitrogen and oxygen atoms in total. The first-order valence-corrected chi connectivity index (χ1v) is 6.49. The minimum absolute atomic E-state index is 0.203. The molecule has 0 unspecified atom stereocenters. The first-order valence-electron chi connectivity index (χ1n) is 6.49. The van der Waals surface area contributed by atoms with Crippen LogP contribution in [0.2, 0.25) is 0 Å². The summed E-state index contributed by atoms with van der Waals surface area (Å²) in [5.41, 5.74) is 1.62. The van der Waals surface area contributed by atoms with Crippen molar-refractivity contribution < 1.29 is 14.3 Å². The van der Waals surface area contributed by atoms with Crippen LogP contribution in [0.4, 0.5) is 5.69 Å². The lowest BCUT2D eigenvalue weighted by atomic mass is 10.2. The highest BCUT2D eigenvalue weighted by molar-refractivity contribution is 6.02. The van der Waals surface area contributed by atoms with Crippen molar-refractivity contribution in [3.63, 3.8) is 0 Å². The Morgan fingerprint density at radius 1 is 1.00 bits per heavy atom. The lowest BCUT2D eigenvalue weighted by molar-refractivity contribution is -0.111. The molecule has 0 spiro atoms. The van der Waals surface area contributed by atoms with Crippen LogP contribution in [0.3, 0.4) is 0 Å². The van der Waals surface area contributed by atoms with Crippen molar-refractivity contribution in [3.8, 4) is 11.5 Å². The molecule has 0 radical (unpaired) electrons. The molecule has 1 N–H and O–H groups in total. The molecule has 21 heavy (non-hydrogen) atoms. The fourth-order valence-corrected chi connectivity index (χ4v) is 1.83. The van der Waals surface area contributed by atoms with Crippen molar-refractivity contribution in [2.45, 2.75) is 0 Å². The Hall–Kier alpha value is -2.75. The maximum absolute atomic E-state index is 11.9. The van der Waals surface area contributed by atoms with Crippen LogP contribution in [0.5, 0.6) is 11.5 Å². The van der Waals surface area contributed by atoms with Crippen LogP contribution in [0, 0.1) is 0 Å². The van der Waals surface area contributed by atoms with E-state index in [2.05, 4.69) is 5.32 Å². The standard InChI is InChI=1S/C17H17NO3/c1-20-15-10-9-14(12-16(15)21-2)18-17(19)11-8-13-6-4-3-5-7-13/h3-12H,1-2H3,(H,18,19)/b11-8+. The van der Waals surface area contributed by atoms with Gasteiger partial charge in [0.2, 0.25) is 5.91 Å². The molecule has 0 saturated heterocycles. The van der Waals surface area contributed by atoms with Gasteiger partial charge in [-0.1, -0.05) is 30.3 Å². The van der Waals surface area contributed by atoms with Crippen LogP contribution in [-0.2, 0) is 4.79 Å². The van der Waals surface area contributed by atoms with E-state index in [1.54, 1.807) is 38.5 Å². The summed E-state index contributed by atoms with van der Waals surface area (Å²) in [4.78, 5) is 11.9. The number of rotatable bonds is 5. The molecule has 2 aromatic carbocycles. The summed E-state index contributed by atoms with van der Waals surface area (Å²) in [7, 11) is 3.12. The largest absolute Gasteiger partial charge is 0.493 e. The van der Waals surface area contributed by atoms with Crippen LogP contribution in [0.1, 0.15) is 5.56 Å². The summed E-state index contributed by atoms with van der Waals surface area (Å²) in [6, 6.07) is 14.9. The summed E-state index contributed by atoms with van der Waals surface area (Å²) in [5, 5.41) is 2.78. The van der Waals surface area contributed by atoms with Gasteiger partial charge in [0.25, 0.3) is 0 Å². The second-order valence-corrected chi connectivity index (χ2v) is 4.30. The van der Waals surface area contributed by atoms with Crippen molar-refractivity contribution >= 4 is 17.7 Å². The average Bonchev–Trinajstić information content (AvgIpc) is 2.53. The van der Waals surface area contributed by atoms with Crippen LogP contribution >= 0.6 is 0 Å². The third-order valence-corrected chi connectivity index (χ3v) is 2.88. The fraction of sp³-hybridized carbons (Fsp3) is 0.118. The molecular formula is C17H17NO3. The van der Waals surface area contributed by atoms with Gasteiger partial charge in [-0.3, -0.25) is 4.79 Å². The normalized spacial score (nSPS) is 10.4. The third kappa shape index (κ3) is 4.11. The average molecular weight is 283 g/mol. The summed E-state index contributed by atoms with van der Waals surface area (Å²) >= 11 is 0. The number of amides is 1. The molecular weight excluding hydrogens is 266 g/mol. The lowest BCUT2D eigenvalue weighted by Gasteiger charge is -2.09. The van der Waals surface area contributed by atoms with Crippen LogP contribution in [-0.4, -0.2) is 20.1 Å². The fourth-order valence-electron chi connectivity index (χ4n) is 1.83. The molecule has 4 heteroatoms. The van der Waals surface area contributed by atoms with Gasteiger partial charge >= 0.3 is 0 Å². The van der Waals surface area contributed by atoms with Gasteiger partial charge < -0.3 is 14.8 Å². The van der Waals surface area contributed by atoms with E-state index < -0.39 is 0 Å². The number of carbonyl (C=O) groups is 1. The number of nitrogens with one attached hydrogen (secondary N) is 1. The number of hydrogen-bond acceptors (Lipinski definition) is 3. The maximum Gasteiger partial charge on any atom is 0.248 e. The molecule has 0 aromatic heterocycles. The summed E-state index contributed by atoms with van der Waals surface area (Å²) in [6.07, 6.45) is 3.25. The van der Waals surface area contributed by atoms with Crippen LogP contribution in [0.25, 0.3) is 6.08 Å². The zero-order valence-corrected chi connectivity index (χ0v) is 12.0. The molecule has 108 valence electrons. The molecule has 0 saturated carbocycles.